The number of aromatic nitrogens is 2. The third kappa shape index (κ3) is 2.93. The molecule has 1 aliphatic rings. The van der Waals surface area contributed by atoms with Gasteiger partial charge in [0.05, 0.1) is 11.4 Å². The maximum absolute atomic E-state index is 4.64. The lowest BCUT2D eigenvalue weighted by atomic mass is 10.1. The van der Waals surface area contributed by atoms with Crippen LogP contribution in [-0.4, -0.2) is 40.4 Å². The van der Waals surface area contributed by atoms with Gasteiger partial charge in [-0.05, 0) is 32.4 Å². The minimum atomic E-state index is 0.718. The van der Waals surface area contributed by atoms with Crippen molar-refractivity contribution in [3.63, 3.8) is 0 Å². The molecule has 18 heavy (non-hydrogen) atoms. The summed E-state index contributed by atoms with van der Waals surface area (Å²) >= 11 is 0. The first kappa shape index (κ1) is 13.6. The number of rotatable bonds is 7. The van der Waals surface area contributed by atoms with E-state index in [0.29, 0.717) is 0 Å². The molecule has 0 atom stereocenters. The molecule has 0 spiro atoms. The quantitative estimate of drug-likeness (QED) is 0.799. The Balaban J connectivity index is 2.06. The monoisotopic (exact) mass is 250 g/mol. The first-order valence-corrected chi connectivity index (χ1v) is 7.28. The fourth-order valence-corrected chi connectivity index (χ4v) is 2.51. The Bertz CT molecular complexity index is 368. The fraction of sp³-hybridized carbons (Fsp3) is 0.786. The molecule has 0 bridgehead atoms. The first-order valence-electron chi connectivity index (χ1n) is 7.28. The predicted octanol–water partition coefficient (Wildman–Crippen LogP) is 1.65. The van der Waals surface area contributed by atoms with Gasteiger partial charge in [-0.15, -0.1) is 0 Å². The number of hydrogen-bond acceptors (Lipinski definition) is 3. The molecule has 0 saturated carbocycles. The topological polar surface area (TPSA) is 33.1 Å². The standard InChI is InChI=1S/C14H26N4/c1-4-7-17(14-9-15-10-14)11-13-8-12(5-2)16-18(13)6-3/h8,14-15H,4-7,9-11H2,1-3H3. The summed E-state index contributed by atoms with van der Waals surface area (Å²) in [5.41, 5.74) is 2.59. The summed E-state index contributed by atoms with van der Waals surface area (Å²) in [5.74, 6) is 0. The zero-order chi connectivity index (χ0) is 13.0. The van der Waals surface area contributed by atoms with Crippen molar-refractivity contribution in [3.8, 4) is 0 Å². The van der Waals surface area contributed by atoms with Crippen LogP contribution in [0.5, 0.6) is 0 Å². The summed E-state index contributed by atoms with van der Waals surface area (Å²) in [7, 11) is 0. The van der Waals surface area contributed by atoms with E-state index in [2.05, 4.69) is 46.8 Å². The Labute approximate surface area is 110 Å². The second-order valence-electron chi connectivity index (χ2n) is 5.08. The lowest BCUT2D eigenvalue weighted by Gasteiger charge is -2.38. The summed E-state index contributed by atoms with van der Waals surface area (Å²) in [6, 6.07) is 2.99. The lowest BCUT2D eigenvalue weighted by molar-refractivity contribution is 0.134. The second-order valence-corrected chi connectivity index (χ2v) is 5.08. The molecule has 1 fully saturated rings. The zero-order valence-corrected chi connectivity index (χ0v) is 11.9. The third-order valence-corrected chi connectivity index (χ3v) is 3.73. The molecule has 1 aromatic rings. The molecule has 4 nitrogen and oxygen atoms in total. The Hall–Kier alpha value is -0.870. The van der Waals surface area contributed by atoms with Gasteiger partial charge < -0.3 is 5.32 Å². The molecule has 0 unspecified atom stereocenters. The molecular formula is C14H26N4. The summed E-state index contributed by atoms with van der Waals surface area (Å²) in [4.78, 5) is 2.60. The van der Waals surface area contributed by atoms with Gasteiger partial charge in [-0.2, -0.15) is 5.10 Å². The van der Waals surface area contributed by atoms with Crippen molar-refractivity contribution >= 4 is 0 Å². The summed E-state index contributed by atoms with van der Waals surface area (Å²) in [6.45, 7) is 12.1. The van der Waals surface area contributed by atoms with Gasteiger partial charge in [0, 0.05) is 32.2 Å². The highest BCUT2D eigenvalue weighted by atomic mass is 15.3. The van der Waals surface area contributed by atoms with Gasteiger partial charge in [-0.3, -0.25) is 9.58 Å². The van der Waals surface area contributed by atoms with Crippen LogP contribution in [0.3, 0.4) is 0 Å². The maximum atomic E-state index is 4.64. The first-order chi connectivity index (χ1) is 8.78. The number of hydrogen-bond donors (Lipinski definition) is 1. The Kier molecular flexibility index (Phi) is 4.78. The highest BCUT2D eigenvalue weighted by Gasteiger charge is 2.24. The van der Waals surface area contributed by atoms with Crippen LogP contribution in [0.15, 0.2) is 6.07 Å². The van der Waals surface area contributed by atoms with Crippen LogP contribution in [0.1, 0.15) is 38.6 Å². The summed E-state index contributed by atoms with van der Waals surface area (Å²) in [5, 5.41) is 8.00. The predicted molar refractivity (Wildman–Crippen MR) is 74.6 cm³/mol. The zero-order valence-electron chi connectivity index (χ0n) is 11.9. The molecule has 1 aromatic heterocycles. The van der Waals surface area contributed by atoms with Crippen molar-refractivity contribution in [2.75, 3.05) is 19.6 Å². The van der Waals surface area contributed by atoms with Crippen LogP contribution in [0.4, 0.5) is 0 Å². The molecule has 1 saturated heterocycles. The van der Waals surface area contributed by atoms with Crippen molar-refractivity contribution in [1.82, 2.24) is 20.0 Å². The van der Waals surface area contributed by atoms with Crippen LogP contribution < -0.4 is 5.32 Å². The Morgan fingerprint density at radius 2 is 2.17 bits per heavy atom. The Morgan fingerprint density at radius 3 is 2.67 bits per heavy atom. The normalized spacial score (nSPS) is 16.2. The van der Waals surface area contributed by atoms with E-state index in [-0.39, 0.29) is 0 Å². The summed E-state index contributed by atoms with van der Waals surface area (Å²) < 4.78 is 2.16. The molecule has 0 aromatic carbocycles. The molecule has 102 valence electrons. The molecule has 1 aliphatic heterocycles. The molecule has 0 amide bonds. The average Bonchev–Trinajstić information content (AvgIpc) is 2.69. The van der Waals surface area contributed by atoms with E-state index in [4.69, 9.17) is 0 Å². The summed E-state index contributed by atoms with van der Waals surface area (Å²) in [6.07, 6.45) is 2.25. The van der Waals surface area contributed by atoms with E-state index < -0.39 is 0 Å². The average molecular weight is 250 g/mol. The highest BCUT2D eigenvalue weighted by molar-refractivity contribution is 5.11. The minimum absolute atomic E-state index is 0.718. The molecule has 0 radical (unpaired) electrons. The van der Waals surface area contributed by atoms with Crippen molar-refractivity contribution in [2.24, 2.45) is 0 Å². The van der Waals surface area contributed by atoms with E-state index in [1.165, 1.54) is 24.4 Å². The molecule has 0 aliphatic carbocycles. The van der Waals surface area contributed by atoms with E-state index in [9.17, 15) is 0 Å². The smallest absolute Gasteiger partial charge is 0.0625 e. The Morgan fingerprint density at radius 1 is 1.39 bits per heavy atom. The van der Waals surface area contributed by atoms with Gasteiger partial charge in [0.15, 0.2) is 0 Å². The molecular weight excluding hydrogens is 224 g/mol. The fourth-order valence-electron chi connectivity index (χ4n) is 2.51. The van der Waals surface area contributed by atoms with Gasteiger partial charge in [0.2, 0.25) is 0 Å². The van der Waals surface area contributed by atoms with Crippen LogP contribution in [0.25, 0.3) is 0 Å². The van der Waals surface area contributed by atoms with Crippen LogP contribution in [0, 0.1) is 0 Å². The molecule has 2 heterocycles. The SMILES string of the molecule is CCCN(Cc1cc(CC)nn1CC)C1CNC1. The van der Waals surface area contributed by atoms with Gasteiger partial charge >= 0.3 is 0 Å². The molecule has 2 rings (SSSR count). The van der Waals surface area contributed by atoms with Crippen molar-refractivity contribution in [2.45, 2.75) is 52.7 Å². The maximum Gasteiger partial charge on any atom is 0.0625 e. The number of aryl methyl sites for hydroxylation is 2. The van der Waals surface area contributed by atoms with Crippen LogP contribution >= 0.6 is 0 Å². The van der Waals surface area contributed by atoms with Crippen LogP contribution in [-0.2, 0) is 19.5 Å². The van der Waals surface area contributed by atoms with E-state index in [1.54, 1.807) is 0 Å². The van der Waals surface area contributed by atoms with Crippen LogP contribution in [0.2, 0.25) is 0 Å². The second kappa shape index (κ2) is 6.34. The van der Waals surface area contributed by atoms with Crippen molar-refractivity contribution < 1.29 is 0 Å². The van der Waals surface area contributed by atoms with Gasteiger partial charge in [0.1, 0.15) is 0 Å². The van der Waals surface area contributed by atoms with Gasteiger partial charge in [-0.1, -0.05) is 13.8 Å². The highest BCUT2D eigenvalue weighted by Crippen LogP contribution is 2.14. The van der Waals surface area contributed by atoms with Crippen molar-refractivity contribution in [3.05, 3.63) is 17.5 Å². The third-order valence-electron chi connectivity index (χ3n) is 3.73. The lowest BCUT2D eigenvalue weighted by Crippen LogP contribution is -2.57. The molecule has 1 N–H and O–H groups in total. The van der Waals surface area contributed by atoms with Crippen molar-refractivity contribution in [1.29, 1.82) is 0 Å². The largest absolute Gasteiger partial charge is 0.314 e. The number of nitrogens with zero attached hydrogens (tertiary/aromatic N) is 3. The van der Waals surface area contributed by atoms with E-state index >= 15 is 0 Å². The number of nitrogens with one attached hydrogen (secondary N) is 1. The molecule has 4 heteroatoms. The van der Waals surface area contributed by atoms with E-state index in [1.807, 2.05) is 0 Å². The van der Waals surface area contributed by atoms with Gasteiger partial charge in [0.25, 0.3) is 0 Å². The van der Waals surface area contributed by atoms with E-state index in [0.717, 1.165) is 38.6 Å². The van der Waals surface area contributed by atoms with Gasteiger partial charge in [-0.25, -0.2) is 0 Å². The minimum Gasteiger partial charge on any atom is -0.314 e.